The van der Waals surface area contributed by atoms with Crippen LogP contribution in [0.5, 0.6) is 0 Å². The van der Waals surface area contributed by atoms with Crippen molar-refractivity contribution in [1.29, 1.82) is 0 Å². The van der Waals surface area contributed by atoms with Gasteiger partial charge in [0.2, 0.25) is 0 Å². The quantitative estimate of drug-likeness (QED) is 0.270. The number of hydrogen-bond acceptors (Lipinski definition) is 8. The Labute approximate surface area is 101 Å². The summed E-state index contributed by atoms with van der Waals surface area (Å²) in [5.74, 6) is 0. The van der Waals surface area contributed by atoms with E-state index in [1.165, 1.54) is 0 Å². The highest BCUT2D eigenvalue weighted by molar-refractivity contribution is 7.83. The Bertz CT molecular complexity index is 450. The number of aliphatic hydroxyl groups is 4. The van der Waals surface area contributed by atoms with Crippen LogP contribution in [0, 0.1) is 0 Å². The van der Waals surface area contributed by atoms with Crippen molar-refractivity contribution in [3.05, 3.63) is 0 Å². The summed E-state index contributed by atoms with van der Waals surface area (Å²) in [6.45, 7) is 0. The van der Waals surface area contributed by atoms with E-state index in [1.54, 1.807) is 0 Å². The van der Waals surface area contributed by atoms with Gasteiger partial charge in [-0.3, -0.25) is 9.11 Å². The summed E-state index contributed by atoms with van der Waals surface area (Å²) >= 11 is 0. The number of nitrogens with zero attached hydrogens (tertiary/aromatic N) is 2. The Morgan fingerprint density at radius 1 is 0.611 bits per heavy atom. The molecule has 4 atom stereocenters. The van der Waals surface area contributed by atoms with Crippen molar-refractivity contribution in [2.45, 2.75) is 24.9 Å². The summed E-state index contributed by atoms with van der Waals surface area (Å²) in [7, 11) is -10.5. The molecule has 0 aromatic rings. The fourth-order valence-corrected chi connectivity index (χ4v) is 2.91. The molecule has 1 aliphatic heterocycles. The van der Waals surface area contributed by atoms with Crippen LogP contribution in [0.3, 0.4) is 0 Å². The first-order chi connectivity index (χ1) is 7.89. The van der Waals surface area contributed by atoms with Crippen molar-refractivity contribution in [3.8, 4) is 0 Å². The lowest BCUT2D eigenvalue weighted by Gasteiger charge is -2.44. The molecule has 18 heavy (non-hydrogen) atoms. The van der Waals surface area contributed by atoms with Crippen LogP contribution in [0.2, 0.25) is 0 Å². The van der Waals surface area contributed by atoms with E-state index in [0.29, 0.717) is 0 Å². The maximum atomic E-state index is 10.8. The summed E-state index contributed by atoms with van der Waals surface area (Å²) < 4.78 is 59.2. The molecule has 12 nitrogen and oxygen atoms in total. The second-order valence-corrected chi connectivity index (χ2v) is 5.90. The van der Waals surface area contributed by atoms with Crippen LogP contribution in [-0.2, 0) is 20.6 Å². The lowest BCUT2D eigenvalue weighted by Crippen LogP contribution is -2.70. The number of piperazine rings is 1. The van der Waals surface area contributed by atoms with E-state index in [9.17, 15) is 37.3 Å². The first kappa shape index (κ1) is 15.6. The van der Waals surface area contributed by atoms with Crippen LogP contribution in [0.25, 0.3) is 0 Å². The van der Waals surface area contributed by atoms with E-state index in [0.717, 1.165) is 0 Å². The molecule has 0 saturated carbocycles. The van der Waals surface area contributed by atoms with Gasteiger partial charge >= 0.3 is 20.6 Å². The van der Waals surface area contributed by atoms with E-state index in [-0.39, 0.29) is 0 Å². The zero-order valence-electron chi connectivity index (χ0n) is 8.34. The average Bonchev–Trinajstić information content (AvgIpc) is 2.10. The van der Waals surface area contributed by atoms with Crippen LogP contribution in [0.1, 0.15) is 0 Å². The van der Waals surface area contributed by atoms with E-state index in [1.807, 2.05) is 0 Å². The Balaban J connectivity index is 3.28. The van der Waals surface area contributed by atoms with E-state index in [2.05, 4.69) is 0 Å². The van der Waals surface area contributed by atoms with Crippen LogP contribution in [0.4, 0.5) is 0 Å². The summed E-state index contributed by atoms with van der Waals surface area (Å²) in [5.41, 5.74) is 0. The maximum absolute atomic E-state index is 10.8. The zero-order chi connectivity index (χ0) is 14.5. The van der Waals surface area contributed by atoms with Gasteiger partial charge in [0, 0.05) is 0 Å². The van der Waals surface area contributed by atoms with Crippen molar-refractivity contribution in [1.82, 2.24) is 8.61 Å². The molecular weight excluding hydrogens is 300 g/mol. The molecule has 0 unspecified atom stereocenters. The lowest BCUT2D eigenvalue weighted by atomic mass is 10.3. The van der Waals surface area contributed by atoms with E-state index >= 15 is 0 Å². The molecule has 1 aliphatic rings. The topological polar surface area (TPSA) is 196 Å². The average molecular weight is 310 g/mol. The van der Waals surface area contributed by atoms with Crippen LogP contribution in [-0.4, -0.2) is 79.9 Å². The molecule has 1 saturated heterocycles. The summed E-state index contributed by atoms with van der Waals surface area (Å²) in [6, 6.07) is 0. The van der Waals surface area contributed by atoms with Crippen LogP contribution < -0.4 is 0 Å². The highest BCUT2D eigenvalue weighted by atomic mass is 32.2. The Hall–Kier alpha value is -0.420. The van der Waals surface area contributed by atoms with Crippen molar-refractivity contribution >= 4 is 20.6 Å². The molecule has 0 aromatic carbocycles. The first-order valence-electron chi connectivity index (χ1n) is 4.13. The second kappa shape index (κ2) is 4.60. The van der Waals surface area contributed by atoms with Gasteiger partial charge in [-0.2, -0.15) is 16.8 Å². The third kappa shape index (κ3) is 2.62. The normalized spacial score (nSPS) is 36.8. The van der Waals surface area contributed by atoms with Crippen molar-refractivity contribution in [3.63, 3.8) is 0 Å². The van der Waals surface area contributed by atoms with Gasteiger partial charge in [0.05, 0.1) is 0 Å². The van der Waals surface area contributed by atoms with Gasteiger partial charge in [0.1, 0.15) is 0 Å². The fraction of sp³-hybridized carbons (Fsp3) is 1.00. The highest BCUT2D eigenvalue weighted by Gasteiger charge is 2.54. The van der Waals surface area contributed by atoms with Crippen molar-refractivity contribution in [2.75, 3.05) is 0 Å². The minimum Gasteiger partial charge on any atom is -0.373 e. The van der Waals surface area contributed by atoms with E-state index < -0.39 is 54.1 Å². The SMILES string of the molecule is O=S(=O)(O)N1[C@H](O)[C@H](O)N(S(=O)(=O)O)[C@@H](O)[C@@H]1O. The first-order valence-corrected chi connectivity index (χ1v) is 6.92. The second-order valence-electron chi connectivity index (χ2n) is 3.27. The van der Waals surface area contributed by atoms with Crippen molar-refractivity contribution < 1.29 is 46.4 Å². The van der Waals surface area contributed by atoms with Gasteiger partial charge in [-0.15, -0.1) is 8.61 Å². The summed E-state index contributed by atoms with van der Waals surface area (Å²) in [4.78, 5) is 0. The third-order valence-electron chi connectivity index (χ3n) is 2.11. The summed E-state index contributed by atoms with van der Waals surface area (Å²) in [6.07, 6.45) is -10.6. The molecular formula is C4H10N2O10S2. The molecule has 14 heteroatoms. The molecule has 0 aromatic heterocycles. The molecule has 0 amide bonds. The smallest absolute Gasteiger partial charge is 0.340 e. The van der Waals surface area contributed by atoms with Crippen molar-refractivity contribution in [2.24, 2.45) is 0 Å². The predicted molar refractivity (Wildman–Crippen MR) is 50.8 cm³/mol. The summed E-state index contributed by atoms with van der Waals surface area (Å²) in [5, 5.41) is 37.0. The Morgan fingerprint density at radius 3 is 0.889 bits per heavy atom. The minimum absolute atomic E-state index is 0.538. The Kier molecular flexibility index (Phi) is 4.00. The largest absolute Gasteiger partial charge is 0.373 e. The van der Waals surface area contributed by atoms with Gasteiger partial charge in [-0.1, -0.05) is 0 Å². The molecule has 1 fully saturated rings. The van der Waals surface area contributed by atoms with Gasteiger partial charge in [-0.05, 0) is 0 Å². The molecule has 0 aliphatic carbocycles. The van der Waals surface area contributed by atoms with Crippen LogP contribution in [0.15, 0.2) is 0 Å². The predicted octanol–water partition coefficient (Wildman–Crippen LogP) is -4.52. The number of aliphatic hydroxyl groups excluding tert-OH is 4. The van der Waals surface area contributed by atoms with Gasteiger partial charge in [0.25, 0.3) is 0 Å². The maximum Gasteiger partial charge on any atom is 0.340 e. The van der Waals surface area contributed by atoms with Gasteiger partial charge in [0.15, 0.2) is 24.9 Å². The van der Waals surface area contributed by atoms with Crippen LogP contribution >= 0.6 is 0 Å². The number of hydrogen-bond donors (Lipinski definition) is 6. The number of rotatable bonds is 2. The van der Waals surface area contributed by atoms with Gasteiger partial charge in [-0.25, -0.2) is 0 Å². The zero-order valence-corrected chi connectivity index (χ0v) is 9.97. The minimum atomic E-state index is -5.25. The molecule has 0 radical (unpaired) electrons. The molecule has 6 N–H and O–H groups in total. The Morgan fingerprint density at radius 2 is 0.778 bits per heavy atom. The third-order valence-corrected chi connectivity index (χ3v) is 4.04. The molecule has 0 spiro atoms. The fourth-order valence-electron chi connectivity index (χ4n) is 1.38. The monoisotopic (exact) mass is 310 g/mol. The molecule has 108 valence electrons. The molecule has 1 heterocycles. The molecule has 1 rings (SSSR count). The van der Waals surface area contributed by atoms with E-state index in [4.69, 9.17) is 9.11 Å². The highest BCUT2D eigenvalue weighted by Crippen LogP contribution is 2.26. The standard InChI is InChI=1S/C4H10N2O10S2/c7-1-2(8)6(18(14,15)16)4(10)3(9)5(1)17(11,12)13/h1-4,7-10H,(H,11,12,13)(H,14,15,16)/t1-,2-,3-,4+/m0/s1. The lowest BCUT2D eigenvalue weighted by molar-refractivity contribution is -0.247. The molecule has 0 bridgehead atoms. The van der Waals surface area contributed by atoms with Gasteiger partial charge < -0.3 is 20.4 Å².